The Morgan fingerprint density at radius 1 is 1.47 bits per heavy atom. The van der Waals surface area contributed by atoms with Gasteiger partial charge in [-0.05, 0) is 19.2 Å². The zero-order valence-electron chi connectivity index (χ0n) is 10.2. The Bertz CT molecular complexity index is 593. The summed E-state index contributed by atoms with van der Waals surface area (Å²) in [4.78, 5) is 0. The number of nitrogens with zero attached hydrogens (tertiary/aromatic N) is 2. The summed E-state index contributed by atoms with van der Waals surface area (Å²) in [5, 5.41) is 13.4. The van der Waals surface area contributed by atoms with Gasteiger partial charge < -0.3 is 14.6 Å². The molecule has 1 aromatic carbocycles. The average molecular weight is 229 g/mol. The fraction of sp³-hybridized carbons (Fsp3) is 0.308. The molecule has 88 valence electrons. The molecule has 0 bridgehead atoms. The standard InChI is InChI=1S/C13H15N3O/c1-15-8-9-11(7-14)16(2)10-5-4-6-12(17-3)13(9)10/h4-6,15H,8H2,1-3H3. The van der Waals surface area contributed by atoms with Crippen LogP contribution in [0.15, 0.2) is 18.2 Å². The van der Waals surface area contributed by atoms with E-state index in [-0.39, 0.29) is 0 Å². The molecule has 1 heterocycles. The summed E-state index contributed by atoms with van der Waals surface area (Å²) >= 11 is 0. The third-order valence-electron chi connectivity index (χ3n) is 2.97. The van der Waals surface area contributed by atoms with Crippen molar-refractivity contribution in [1.82, 2.24) is 9.88 Å². The lowest BCUT2D eigenvalue weighted by Crippen LogP contribution is -2.07. The smallest absolute Gasteiger partial charge is 0.128 e. The summed E-state index contributed by atoms with van der Waals surface area (Å²) < 4.78 is 7.28. The van der Waals surface area contributed by atoms with Gasteiger partial charge in [0.05, 0.1) is 12.6 Å². The van der Waals surface area contributed by atoms with Gasteiger partial charge in [0.2, 0.25) is 0 Å². The Morgan fingerprint density at radius 3 is 2.82 bits per heavy atom. The molecule has 0 saturated carbocycles. The van der Waals surface area contributed by atoms with Gasteiger partial charge >= 0.3 is 0 Å². The minimum atomic E-state index is 0.653. The maximum Gasteiger partial charge on any atom is 0.128 e. The van der Waals surface area contributed by atoms with E-state index in [1.165, 1.54) is 0 Å². The molecule has 0 saturated heterocycles. The van der Waals surface area contributed by atoms with E-state index < -0.39 is 0 Å². The number of rotatable bonds is 3. The molecule has 1 N–H and O–H groups in total. The molecule has 0 atom stereocenters. The molecule has 0 aliphatic heterocycles. The van der Waals surface area contributed by atoms with Gasteiger partial charge in [-0.25, -0.2) is 0 Å². The second-order valence-electron chi connectivity index (χ2n) is 3.88. The van der Waals surface area contributed by atoms with Crippen LogP contribution in [0.3, 0.4) is 0 Å². The largest absolute Gasteiger partial charge is 0.496 e. The summed E-state index contributed by atoms with van der Waals surface area (Å²) in [6, 6.07) is 8.11. The zero-order chi connectivity index (χ0) is 12.4. The molecule has 4 heteroatoms. The molecule has 0 fully saturated rings. The summed E-state index contributed by atoms with van der Waals surface area (Å²) in [6.07, 6.45) is 0. The Kier molecular flexibility index (Phi) is 3.03. The minimum Gasteiger partial charge on any atom is -0.496 e. The first-order chi connectivity index (χ1) is 8.24. The normalized spacial score (nSPS) is 10.5. The van der Waals surface area contributed by atoms with E-state index in [2.05, 4.69) is 11.4 Å². The second-order valence-corrected chi connectivity index (χ2v) is 3.88. The number of aromatic nitrogens is 1. The van der Waals surface area contributed by atoms with Crippen LogP contribution < -0.4 is 10.1 Å². The molecule has 0 spiro atoms. The van der Waals surface area contributed by atoms with Crippen LogP contribution in [-0.4, -0.2) is 18.7 Å². The molecule has 4 nitrogen and oxygen atoms in total. The van der Waals surface area contributed by atoms with Crippen molar-refractivity contribution >= 4 is 10.9 Å². The van der Waals surface area contributed by atoms with Crippen molar-refractivity contribution in [3.8, 4) is 11.8 Å². The third kappa shape index (κ3) is 1.65. The van der Waals surface area contributed by atoms with Crippen LogP contribution in [0, 0.1) is 11.3 Å². The highest BCUT2D eigenvalue weighted by molar-refractivity contribution is 5.92. The number of ether oxygens (including phenoxy) is 1. The van der Waals surface area contributed by atoms with Crippen molar-refractivity contribution in [2.24, 2.45) is 7.05 Å². The molecule has 0 amide bonds. The highest BCUT2D eigenvalue weighted by atomic mass is 16.5. The zero-order valence-corrected chi connectivity index (χ0v) is 10.2. The molecule has 2 aromatic rings. The first-order valence-corrected chi connectivity index (χ1v) is 5.43. The lowest BCUT2D eigenvalue weighted by Gasteiger charge is -2.04. The molecule has 0 radical (unpaired) electrons. The van der Waals surface area contributed by atoms with Gasteiger partial charge in [0.25, 0.3) is 0 Å². The first-order valence-electron chi connectivity index (χ1n) is 5.43. The van der Waals surface area contributed by atoms with Crippen LogP contribution >= 0.6 is 0 Å². The highest BCUT2D eigenvalue weighted by Crippen LogP contribution is 2.32. The lowest BCUT2D eigenvalue weighted by molar-refractivity contribution is 0.419. The van der Waals surface area contributed by atoms with Crippen LogP contribution in [-0.2, 0) is 13.6 Å². The fourth-order valence-electron chi connectivity index (χ4n) is 2.21. The molecule has 17 heavy (non-hydrogen) atoms. The Morgan fingerprint density at radius 2 is 2.24 bits per heavy atom. The van der Waals surface area contributed by atoms with E-state index in [1.807, 2.05) is 36.9 Å². The summed E-state index contributed by atoms with van der Waals surface area (Å²) in [5.74, 6) is 0.810. The van der Waals surface area contributed by atoms with E-state index in [0.717, 1.165) is 22.2 Å². The number of hydrogen-bond acceptors (Lipinski definition) is 3. The van der Waals surface area contributed by atoms with Crippen LogP contribution in [0.4, 0.5) is 0 Å². The molecular formula is C13H15N3O. The van der Waals surface area contributed by atoms with Crippen LogP contribution in [0.1, 0.15) is 11.3 Å². The summed E-state index contributed by atoms with van der Waals surface area (Å²) in [6.45, 7) is 0.653. The average Bonchev–Trinajstić information content (AvgIpc) is 2.63. The van der Waals surface area contributed by atoms with Crippen LogP contribution in [0.5, 0.6) is 5.75 Å². The predicted octanol–water partition coefficient (Wildman–Crippen LogP) is 1.78. The van der Waals surface area contributed by atoms with Crippen LogP contribution in [0.25, 0.3) is 10.9 Å². The lowest BCUT2D eigenvalue weighted by atomic mass is 10.1. The van der Waals surface area contributed by atoms with Crippen LogP contribution in [0.2, 0.25) is 0 Å². The van der Waals surface area contributed by atoms with Gasteiger partial charge in [-0.15, -0.1) is 0 Å². The number of nitriles is 1. The summed E-state index contributed by atoms with van der Waals surface area (Å²) in [5.41, 5.74) is 2.69. The number of aryl methyl sites for hydroxylation is 1. The SMILES string of the molecule is CNCc1c(C#N)n(C)c2cccc(OC)c12. The third-order valence-corrected chi connectivity index (χ3v) is 2.97. The highest BCUT2D eigenvalue weighted by Gasteiger charge is 2.17. The Labute approximate surface area is 100 Å². The minimum absolute atomic E-state index is 0.653. The molecule has 0 aliphatic carbocycles. The van der Waals surface area contributed by atoms with Gasteiger partial charge in [0.1, 0.15) is 17.5 Å². The quantitative estimate of drug-likeness (QED) is 0.872. The number of fused-ring (bicyclic) bond motifs is 1. The topological polar surface area (TPSA) is 50.0 Å². The number of hydrogen-bond donors (Lipinski definition) is 1. The van der Waals surface area contributed by atoms with E-state index in [0.29, 0.717) is 12.2 Å². The Hall–Kier alpha value is -1.99. The fourth-order valence-corrected chi connectivity index (χ4v) is 2.21. The molecule has 1 aromatic heterocycles. The molecule has 0 aliphatic rings. The van der Waals surface area contributed by atoms with E-state index >= 15 is 0 Å². The van der Waals surface area contributed by atoms with Crippen molar-refractivity contribution < 1.29 is 4.74 Å². The monoisotopic (exact) mass is 229 g/mol. The van der Waals surface area contributed by atoms with E-state index in [1.54, 1.807) is 7.11 Å². The van der Waals surface area contributed by atoms with Gasteiger partial charge in [0.15, 0.2) is 0 Å². The molecular weight excluding hydrogens is 214 g/mol. The van der Waals surface area contributed by atoms with Crippen molar-refractivity contribution in [1.29, 1.82) is 5.26 Å². The van der Waals surface area contributed by atoms with Crippen molar-refractivity contribution in [3.63, 3.8) is 0 Å². The van der Waals surface area contributed by atoms with Crippen molar-refractivity contribution in [2.75, 3.05) is 14.2 Å². The summed E-state index contributed by atoms with van der Waals surface area (Å²) in [7, 11) is 5.42. The van der Waals surface area contributed by atoms with Gasteiger partial charge in [-0.2, -0.15) is 5.26 Å². The van der Waals surface area contributed by atoms with Gasteiger partial charge in [-0.1, -0.05) is 6.07 Å². The number of nitrogens with one attached hydrogen (secondary N) is 1. The predicted molar refractivity (Wildman–Crippen MR) is 66.9 cm³/mol. The van der Waals surface area contributed by atoms with Crippen molar-refractivity contribution in [2.45, 2.75) is 6.54 Å². The van der Waals surface area contributed by atoms with Gasteiger partial charge in [-0.3, -0.25) is 0 Å². The van der Waals surface area contributed by atoms with Crippen molar-refractivity contribution in [3.05, 3.63) is 29.5 Å². The molecule has 0 unspecified atom stereocenters. The first kappa shape index (κ1) is 11.5. The Balaban J connectivity index is 2.87. The van der Waals surface area contributed by atoms with Gasteiger partial charge in [0, 0.05) is 24.5 Å². The van der Waals surface area contributed by atoms with E-state index in [9.17, 15) is 5.26 Å². The van der Waals surface area contributed by atoms with E-state index in [4.69, 9.17) is 4.74 Å². The second kappa shape index (κ2) is 4.48. The molecule has 2 rings (SSSR count). The maximum absolute atomic E-state index is 9.25. The number of benzene rings is 1. The maximum atomic E-state index is 9.25. The number of methoxy groups -OCH3 is 1.